The molecule has 0 bridgehead atoms. The molecule has 4 rings (SSSR count). The van der Waals surface area contributed by atoms with Crippen LogP contribution in [-0.2, 0) is 28.5 Å². The molecule has 2 unspecified atom stereocenters. The molecule has 0 spiro atoms. The molecule has 0 saturated carbocycles. The molecule has 3 heterocycles. The van der Waals surface area contributed by atoms with Crippen LogP contribution < -0.4 is 16.0 Å². The number of amides is 3. The van der Waals surface area contributed by atoms with Crippen molar-refractivity contribution in [1.29, 1.82) is 0 Å². The molecule has 0 aromatic heterocycles. The Morgan fingerprint density at radius 3 is 2.26 bits per heavy atom. The summed E-state index contributed by atoms with van der Waals surface area (Å²) in [6, 6.07) is 4.98. The van der Waals surface area contributed by atoms with E-state index >= 15 is 0 Å². The molecule has 1 saturated heterocycles. The SMILES string of the molecule is NCOCCOCCOCCOCCN1CCC2c3c(cccc31)C(=O)N2C1CCC(=O)NC1=O. The summed E-state index contributed by atoms with van der Waals surface area (Å²) in [6.45, 7) is 5.12. The predicted molar refractivity (Wildman–Crippen MR) is 126 cm³/mol. The lowest BCUT2D eigenvalue weighted by Gasteiger charge is -2.39. The number of ether oxygens (including phenoxy) is 4. The van der Waals surface area contributed by atoms with Gasteiger partial charge < -0.3 is 34.5 Å². The fourth-order valence-corrected chi connectivity index (χ4v) is 4.92. The largest absolute Gasteiger partial charge is 0.377 e. The zero-order valence-electron chi connectivity index (χ0n) is 19.9. The smallest absolute Gasteiger partial charge is 0.255 e. The van der Waals surface area contributed by atoms with Gasteiger partial charge in [-0.25, -0.2) is 0 Å². The van der Waals surface area contributed by atoms with Crippen LogP contribution in [-0.4, -0.2) is 94.7 Å². The minimum Gasteiger partial charge on any atom is -0.377 e. The van der Waals surface area contributed by atoms with Gasteiger partial charge in [0.15, 0.2) is 0 Å². The maximum Gasteiger partial charge on any atom is 0.255 e. The van der Waals surface area contributed by atoms with E-state index < -0.39 is 6.04 Å². The van der Waals surface area contributed by atoms with Gasteiger partial charge in [-0.1, -0.05) is 6.07 Å². The molecule has 2 atom stereocenters. The molecule has 192 valence electrons. The first kappa shape index (κ1) is 25.5. The van der Waals surface area contributed by atoms with Crippen LogP contribution in [0, 0.1) is 0 Å². The lowest BCUT2D eigenvalue weighted by molar-refractivity contribution is -0.137. The number of nitrogens with two attached hydrogens (primary N) is 1. The summed E-state index contributed by atoms with van der Waals surface area (Å²) in [5.74, 6) is -0.792. The van der Waals surface area contributed by atoms with Gasteiger partial charge in [-0.15, -0.1) is 0 Å². The van der Waals surface area contributed by atoms with Gasteiger partial charge in [0, 0.05) is 36.3 Å². The third-order valence-corrected chi connectivity index (χ3v) is 6.52. The molecule has 3 amide bonds. The Bertz CT molecular complexity index is 912. The second kappa shape index (κ2) is 12.4. The minimum absolute atomic E-state index is 0.132. The summed E-state index contributed by atoms with van der Waals surface area (Å²) in [4.78, 5) is 41.2. The Labute approximate surface area is 204 Å². The first-order valence-electron chi connectivity index (χ1n) is 12.2. The van der Waals surface area contributed by atoms with Crippen molar-refractivity contribution in [1.82, 2.24) is 10.2 Å². The molecule has 11 nitrogen and oxygen atoms in total. The zero-order valence-corrected chi connectivity index (χ0v) is 19.9. The highest BCUT2D eigenvalue weighted by atomic mass is 16.6. The van der Waals surface area contributed by atoms with Crippen LogP contribution in [0.1, 0.15) is 41.2 Å². The highest BCUT2D eigenvalue weighted by Crippen LogP contribution is 2.46. The first-order chi connectivity index (χ1) is 17.1. The van der Waals surface area contributed by atoms with Gasteiger partial charge in [0.25, 0.3) is 5.91 Å². The van der Waals surface area contributed by atoms with Gasteiger partial charge in [-0.05, 0) is 25.0 Å². The molecule has 1 fully saturated rings. The maximum atomic E-state index is 13.2. The number of carbonyl (C=O) groups is 3. The van der Waals surface area contributed by atoms with Crippen LogP contribution >= 0.6 is 0 Å². The summed E-state index contributed by atoms with van der Waals surface area (Å²) >= 11 is 0. The molecule has 0 aliphatic carbocycles. The summed E-state index contributed by atoms with van der Waals surface area (Å²) in [7, 11) is 0. The molecular formula is C24H34N4O7. The predicted octanol–water partition coefficient (Wildman–Crippen LogP) is 0.181. The van der Waals surface area contributed by atoms with Crippen molar-refractivity contribution in [3.05, 3.63) is 29.3 Å². The van der Waals surface area contributed by atoms with Crippen LogP contribution in [0.25, 0.3) is 0 Å². The number of anilines is 1. The van der Waals surface area contributed by atoms with Crippen molar-refractivity contribution < 1.29 is 33.3 Å². The van der Waals surface area contributed by atoms with E-state index in [-0.39, 0.29) is 36.9 Å². The molecule has 3 aliphatic heterocycles. The van der Waals surface area contributed by atoms with Crippen LogP contribution in [0.2, 0.25) is 0 Å². The van der Waals surface area contributed by atoms with Crippen molar-refractivity contribution in [2.24, 2.45) is 5.73 Å². The lowest BCUT2D eigenvalue weighted by Crippen LogP contribution is -2.54. The number of hydrogen-bond donors (Lipinski definition) is 2. The van der Waals surface area contributed by atoms with Gasteiger partial charge >= 0.3 is 0 Å². The Balaban J connectivity index is 1.23. The second-order valence-electron chi connectivity index (χ2n) is 8.62. The van der Waals surface area contributed by atoms with Crippen LogP contribution in [0.3, 0.4) is 0 Å². The third-order valence-electron chi connectivity index (χ3n) is 6.52. The molecule has 1 aromatic rings. The summed E-state index contributed by atoms with van der Waals surface area (Å²) in [5, 5.41) is 2.38. The fourth-order valence-electron chi connectivity index (χ4n) is 4.92. The van der Waals surface area contributed by atoms with Crippen LogP contribution in [0.15, 0.2) is 18.2 Å². The highest BCUT2D eigenvalue weighted by Gasteiger charge is 2.47. The quantitative estimate of drug-likeness (QED) is 0.213. The Morgan fingerprint density at radius 2 is 1.57 bits per heavy atom. The molecular weight excluding hydrogens is 456 g/mol. The number of nitrogens with one attached hydrogen (secondary N) is 1. The number of carbonyl (C=O) groups excluding carboxylic acids is 3. The van der Waals surface area contributed by atoms with Gasteiger partial charge in [0.1, 0.15) is 6.04 Å². The molecule has 11 heteroatoms. The third kappa shape index (κ3) is 5.99. The highest BCUT2D eigenvalue weighted by molar-refractivity contribution is 6.06. The van der Waals surface area contributed by atoms with Gasteiger partial charge in [0.2, 0.25) is 11.8 Å². The lowest BCUT2D eigenvalue weighted by atomic mass is 9.94. The van der Waals surface area contributed by atoms with Crippen molar-refractivity contribution in [2.75, 3.05) is 71.0 Å². The number of imide groups is 1. The Hall–Kier alpha value is -2.57. The van der Waals surface area contributed by atoms with Gasteiger partial charge in [0.05, 0.1) is 59.0 Å². The van der Waals surface area contributed by atoms with Crippen molar-refractivity contribution in [3.63, 3.8) is 0 Å². The molecule has 35 heavy (non-hydrogen) atoms. The van der Waals surface area contributed by atoms with Crippen molar-refractivity contribution in [2.45, 2.75) is 31.3 Å². The van der Waals surface area contributed by atoms with E-state index in [4.69, 9.17) is 24.7 Å². The second-order valence-corrected chi connectivity index (χ2v) is 8.62. The van der Waals surface area contributed by atoms with E-state index in [1.807, 2.05) is 18.2 Å². The Morgan fingerprint density at radius 1 is 0.886 bits per heavy atom. The van der Waals surface area contributed by atoms with E-state index in [0.29, 0.717) is 64.8 Å². The maximum absolute atomic E-state index is 13.2. The van der Waals surface area contributed by atoms with E-state index in [2.05, 4.69) is 10.2 Å². The fraction of sp³-hybridized carbons (Fsp3) is 0.625. The number of rotatable bonds is 14. The zero-order chi connectivity index (χ0) is 24.6. The van der Waals surface area contributed by atoms with E-state index in [1.54, 1.807) is 4.90 Å². The number of hydrogen-bond acceptors (Lipinski definition) is 9. The van der Waals surface area contributed by atoms with Crippen LogP contribution in [0.4, 0.5) is 5.69 Å². The average Bonchev–Trinajstić information content (AvgIpc) is 3.14. The molecule has 0 radical (unpaired) electrons. The first-order valence-corrected chi connectivity index (χ1v) is 12.2. The summed E-state index contributed by atoms with van der Waals surface area (Å²) in [5.41, 5.74) is 7.86. The Kier molecular flexibility index (Phi) is 9.05. The van der Waals surface area contributed by atoms with Crippen LogP contribution in [0.5, 0.6) is 0 Å². The van der Waals surface area contributed by atoms with E-state index in [0.717, 1.165) is 24.2 Å². The molecule has 3 aliphatic rings. The molecule has 3 N–H and O–H groups in total. The molecule has 1 aromatic carbocycles. The van der Waals surface area contributed by atoms with E-state index in [9.17, 15) is 14.4 Å². The van der Waals surface area contributed by atoms with Gasteiger partial charge in [-0.2, -0.15) is 0 Å². The summed E-state index contributed by atoms with van der Waals surface area (Å²) < 4.78 is 21.6. The summed E-state index contributed by atoms with van der Waals surface area (Å²) in [6.07, 6.45) is 1.34. The van der Waals surface area contributed by atoms with Crippen molar-refractivity contribution in [3.8, 4) is 0 Å². The number of nitrogens with zero attached hydrogens (tertiary/aromatic N) is 2. The number of benzene rings is 1. The average molecular weight is 491 g/mol. The minimum atomic E-state index is -0.606. The monoisotopic (exact) mass is 490 g/mol. The van der Waals surface area contributed by atoms with Crippen molar-refractivity contribution >= 4 is 23.4 Å². The number of piperidine rings is 1. The normalized spacial score (nSPS) is 21.5. The topological polar surface area (TPSA) is 133 Å². The standard InChI is InChI=1S/C24H34N4O7/c25-16-35-15-14-34-13-12-33-11-10-32-9-8-27-7-6-19-22-17(2-1-3-18(22)27)24(31)28(19)20-4-5-21(29)26-23(20)30/h1-3,19-20H,4-16,25H2,(H,26,29,30). The van der Waals surface area contributed by atoms with Gasteiger partial charge in [-0.3, -0.25) is 19.7 Å². The van der Waals surface area contributed by atoms with E-state index in [1.165, 1.54) is 0 Å².